The van der Waals surface area contributed by atoms with Gasteiger partial charge in [0.1, 0.15) is 0 Å². The Balaban J connectivity index is 0.00000132. The van der Waals surface area contributed by atoms with Crippen LogP contribution in [-0.2, 0) is 0 Å². The summed E-state index contributed by atoms with van der Waals surface area (Å²) in [6, 6.07) is 6.15. The van der Waals surface area contributed by atoms with E-state index in [-0.39, 0.29) is 35.4 Å². The van der Waals surface area contributed by atoms with Gasteiger partial charge in [0.2, 0.25) is 0 Å². The third-order valence-electron chi connectivity index (χ3n) is 4.91. The van der Waals surface area contributed by atoms with Crippen LogP contribution in [0, 0.1) is 23.0 Å². The molecule has 1 N–H and O–H groups in total. The van der Waals surface area contributed by atoms with Gasteiger partial charge < -0.3 is 5.32 Å². The fourth-order valence-corrected chi connectivity index (χ4v) is 3.50. The fourth-order valence-electron chi connectivity index (χ4n) is 3.50. The number of rotatable bonds is 4. The van der Waals surface area contributed by atoms with Gasteiger partial charge in [0.25, 0.3) is 5.69 Å². The summed E-state index contributed by atoms with van der Waals surface area (Å²) < 4.78 is 0. The van der Waals surface area contributed by atoms with E-state index in [4.69, 9.17) is 0 Å². The molecule has 7 heteroatoms. The molecule has 1 heterocycles. The van der Waals surface area contributed by atoms with Gasteiger partial charge in [-0.25, -0.2) is 0 Å². The monoisotopic (exact) mass is 361 g/mol. The van der Waals surface area contributed by atoms with E-state index in [0.717, 1.165) is 37.3 Å². The molecule has 1 aromatic carbocycles. The van der Waals surface area contributed by atoms with Crippen molar-refractivity contribution in [2.75, 3.05) is 26.2 Å². The average molecular weight is 362 g/mol. The lowest BCUT2D eigenvalue weighted by Gasteiger charge is -2.43. The zero-order valence-corrected chi connectivity index (χ0v) is 15.0. The van der Waals surface area contributed by atoms with Gasteiger partial charge in [-0.15, -0.1) is 24.8 Å². The Morgan fingerprint density at radius 2 is 1.91 bits per heavy atom. The number of nitro groups is 1. The number of nitro benzene ring substituents is 1. The molecule has 130 valence electrons. The summed E-state index contributed by atoms with van der Waals surface area (Å²) in [7, 11) is 0. The Labute approximate surface area is 149 Å². The maximum Gasteiger partial charge on any atom is 0.272 e. The minimum atomic E-state index is -0.256. The quantitative estimate of drug-likeness (QED) is 0.658. The minimum Gasteiger partial charge on any atom is -0.314 e. The van der Waals surface area contributed by atoms with Crippen LogP contribution in [-0.4, -0.2) is 36.0 Å². The number of benzene rings is 1. The molecule has 0 radical (unpaired) electrons. The third-order valence-corrected chi connectivity index (χ3v) is 4.91. The van der Waals surface area contributed by atoms with Gasteiger partial charge in [0.05, 0.1) is 4.92 Å². The normalized spacial score (nSPS) is 19.9. The van der Waals surface area contributed by atoms with Crippen molar-refractivity contribution in [3.8, 4) is 0 Å². The molecule has 2 aliphatic rings. The van der Waals surface area contributed by atoms with Crippen molar-refractivity contribution >= 4 is 30.5 Å². The summed E-state index contributed by atoms with van der Waals surface area (Å²) in [5, 5.41) is 14.6. The highest BCUT2D eigenvalue weighted by molar-refractivity contribution is 5.85. The van der Waals surface area contributed by atoms with Gasteiger partial charge in [-0.2, -0.15) is 0 Å². The molecule has 3 rings (SSSR count). The van der Waals surface area contributed by atoms with Crippen molar-refractivity contribution < 1.29 is 4.92 Å². The molecule has 0 unspecified atom stereocenters. The predicted molar refractivity (Wildman–Crippen MR) is 96.9 cm³/mol. The van der Waals surface area contributed by atoms with Crippen LogP contribution in [0.1, 0.15) is 36.4 Å². The van der Waals surface area contributed by atoms with Crippen LogP contribution in [0.25, 0.3) is 0 Å². The van der Waals surface area contributed by atoms with E-state index in [1.54, 1.807) is 6.07 Å². The maximum atomic E-state index is 11.2. The van der Waals surface area contributed by atoms with Crippen molar-refractivity contribution in [1.29, 1.82) is 0 Å². The van der Waals surface area contributed by atoms with E-state index in [1.807, 2.05) is 13.0 Å². The number of nitrogens with zero attached hydrogens (tertiary/aromatic N) is 2. The lowest BCUT2D eigenvalue weighted by atomic mass is 9.76. The number of halogens is 2. The molecule has 0 bridgehead atoms. The van der Waals surface area contributed by atoms with E-state index < -0.39 is 0 Å². The number of nitrogens with one attached hydrogen (secondary N) is 1. The van der Waals surface area contributed by atoms with E-state index in [2.05, 4.69) is 16.3 Å². The van der Waals surface area contributed by atoms with Gasteiger partial charge in [0, 0.05) is 43.9 Å². The van der Waals surface area contributed by atoms with Gasteiger partial charge in [-0.1, -0.05) is 18.6 Å². The molecule has 0 spiro atoms. The number of hydrogen-bond acceptors (Lipinski definition) is 4. The van der Waals surface area contributed by atoms with Crippen molar-refractivity contribution in [2.24, 2.45) is 5.92 Å². The first-order chi connectivity index (χ1) is 10.2. The first-order valence-electron chi connectivity index (χ1n) is 7.86. The number of aryl methyl sites for hydroxylation is 1. The molecule has 1 aliphatic carbocycles. The van der Waals surface area contributed by atoms with Crippen molar-refractivity contribution in [1.82, 2.24) is 10.2 Å². The molecule has 1 aliphatic heterocycles. The molecular weight excluding hydrogens is 337 g/mol. The first-order valence-corrected chi connectivity index (χ1v) is 7.86. The molecule has 1 atom stereocenters. The van der Waals surface area contributed by atoms with Crippen LogP contribution < -0.4 is 5.32 Å². The summed E-state index contributed by atoms with van der Waals surface area (Å²) >= 11 is 0. The number of hydrogen-bond donors (Lipinski definition) is 1. The first kappa shape index (κ1) is 20.2. The summed E-state index contributed by atoms with van der Waals surface area (Å²) in [5.41, 5.74) is 2.13. The summed E-state index contributed by atoms with van der Waals surface area (Å²) in [5.74, 6) is 0.658. The molecule has 1 saturated carbocycles. The Kier molecular flexibility index (Phi) is 7.74. The second kappa shape index (κ2) is 8.83. The van der Waals surface area contributed by atoms with Crippen LogP contribution >= 0.6 is 24.8 Å². The smallest absolute Gasteiger partial charge is 0.272 e. The molecule has 1 saturated heterocycles. The lowest BCUT2D eigenvalue weighted by Crippen LogP contribution is -2.47. The summed E-state index contributed by atoms with van der Waals surface area (Å²) in [6.45, 7) is 5.89. The van der Waals surface area contributed by atoms with Crippen LogP contribution in [0.3, 0.4) is 0 Å². The zero-order chi connectivity index (χ0) is 14.8. The highest BCUT2D eigenvalue weighted by atomic mass is 35.5. The second-order valence-corrected chi connectivity index (χ2v) is 6.22. The fraction of sp³-hybridized carbons (Fsp3) is 0.625. The molecule has 23 heavy (non-hydrogen) atoms. The highest BCUT2D eigenvalue weighted by Crippen LogP contribution is 2.42. The molecule has 0 aromatic heterocycles. The van der Waals surface area contributed by atoms with Crippen LogP contribution in [0.15, 0.2) is 18.2 Å². The van der Waals surface area contributed by atoms with E-state index in [0.29, 0.717) is 12.0 Å². The van der Waals surface area contributed by atoms with Crippen molar-refractivity contribution in [3.63, 3.8) is 0 Å². The van der Waals surface area contributed by atoms with E-state index >= 15 is 0 Å². The third kappa shape index (κ3) is 4.35. The predicted octanol–water partition coefficient (Wildman–Crippen LogP) is 3.49. The lowest BCUT2D eigenvalue weighted by molar-refractivity contribution is -0.385. The van der Waals surface area contributed by atoms with Crippen LogP contribution in [0.5, 0.6) is 0 Å². The topological polar surface area (TPSA) is 58.4 Å². The van der Waals surface area contributed by atoms with Gasteiger partial charge in [0.15, 0.2) is 0 Å². The van der Waals surface area contributed by atoms with Crippen LogP contribution in [0.2, 0.25) is 0 Å². The zero-order valence-electron chi connectivity index (χ0n) is 13.4. The van der Waals surface area contributed by atoms with E-state index in [1.165, 1.54) is 19.3 Å². The van der Waals surface area contributed by atoms with Gasteiger partial charge in [-0.3, -0.25) is 15.0 Å². The van der Waals surface area contributed by atoms with Crippen LogP contribution in [0.4, 0.5) is 5.69 Å². The second-order valence-electron chi connectivity index (χ2n) is 6.22. The minimum absolute atomic E-state index is 0. The Morgan fingerprint density at radius 3 is 2.43 bits per heavy atom. The highest BCUT2D eigenvalue weighted by Gasteiger charge is 2.34. The maximum absolute atomic E-state index is 11.2. The van der Waals surface area contributed by atoms with Gasteiger partial charge in [-0.05, 0) is 31.2 Å². The van der Waals surface area contributed by atoms with Crippen molar-refractivity contribution in [3.05, 3.63) is 39.4 Å². The van der Waals surface area contributed by atoms with E-state index in [9.17, 15) is 10.1 Å². The molecule has 0 amide bonds. The Bertz CT molecular complexity index is 532. The molecular formula is C16H25Cl2N3O2. The molecule has 1 aromatic rings. The standard InChI is InChI=1S/C16H23N3O2.2ClH/c1-12-5-6-14(11-15(12)19(20)21)16(13-3-2-4-13)18-9-7-17-8-10-18;;/h5-6,11,13,16-17H,2-4,7-10H2,1H3;2*1H/t16-;;/m0../s1. The Morgan fingerprint density at radius 1 is 1.26 bits per heavy atom. The van der Waals surface area contributed by atoms with Gasteiger partial charge >= 0.3 is 0 Å². The molecule has 2 fully saturated rings. The average Bonchev–Trinajstić information content (AvgIpc) is 2.44. The van der Waals surface area contributed by atoms with Crippen molar-refractivity contribution in [2.45, 2.75) is 32.2 Å². The number of piperazine rings is 1. The Hall–Kier alpha value is -0.880. The summed E-state index contributed by atoms with van der Waals surface area (Å²) in [4.78, 5) is 13.5. The molecule has 5 nitrogen and oxygen atoms in total. The largest absolute Gasteiger partial charge is 0.314 e. The summed E-state index contributed by atoms with van der Waals surface area (Å²) in [6.07, 6.45) is 3.79. The SMILES string of the molecule is Cc1ccc([C@H](C2CCC2)N2CCNCC2)cc1[N+](=O)[O-].Cl.Cl.